The molecule has 0 saturated heterocycles. The van der Waals surface area contributed by atoms with Crippen LogP contribution in [0, 0.1) is 21.3 Å². The second-order valence-electron chi connectivity index (χ2n) is 3.60. The van der Waals surface area contributed by atoms with Crippen LogP contribution in [0.25, 0.3) is 0 Å². The summed E-state index contributed by atoms with van der Waals surface area (Å²) in [7, 11) is 0. The number of halogens is 1. The summed E-state index contributed by atoms with van der Waals surface area (Å²) in [6.45, 7) is 0. The van der Waals surface area contributed by atoms with Crippen LogP contribution in [0.3, 0.4) is 0 Å². The number of nitro benzene ring substituents is 1. The van der Waals surface area contributed by atoms with Crippen LogP contribution in [0.15, 0.2) is 30.6 Å². The van der Waals surface area contributed by atoms with Crippen LogP contribution in [0.4, 0.5) is 10.1 Å². The van der Waals surface area contributed by atoms with E-state index in [2.05, 4.69) is 9.97 Å². The quantitative estimate of drug-likeness (QED) is 0.378. The summed E-state index contributed by atoms with van der Waals surface area (Å²) < 4.78 is 18.8. The minimum atomic E-state index is -0.931. The molecule has 8 nitrogen and oxygen atoms in total. The first-order valence-electron chi connectivity index (χ1n) is 5.26. The lowest BCUT2D eigenvalue weighted by molar-refractivity contribution is -0.385. The first-order chi connectivity index (χ1) is 9.49. The molecule has 2 aromatic rings. The second kappa shape index (κ2) is 5.26. The number of nitrogen functional groups attached to an aromatic ring is 1. The molecule has 0 saturated carbocycles. The number of rotatable bonds is 4. The molecule has 0 amide bonds. The van der Waals surface area contributed by atoms with Gasteiger partial charge in [0.15, 0.2) is 17.3 Å². The van der Waals surface area contributed by atoms with Crippen LogP contribution in [0.2, 0.25) is 0 Å². The largest absolute Gasteiger partial charge is 0.434 e. The molecule has 9 heteroatoms. The molecule has 3 N–H and O–H groups in total. The van der Waals surface area contributed by atoms with E-state index < -0.39 is 22.3 Å². The maximum Gasteiger partial charge on any atom is 0.272 e. The first kappa shape index (κ1) is 13.3. The highest BCUT2D eigenvalue weighted by Crippen LogP contribution is 2.27. The van der Waals surface area contributed by atoms with E-state index in [9.17, 15) is 14.5 Å². The summed E-state index contributed by atoms with van der Waals surface area (Å²) in [5, 5.41) is 17.8. The number of hydrogen-bond acceptors (Lipinski definition) is 6. The number of nitrogens with zero attached hydrogens (tertiary/aromatic N) is 3. The molecule has 102 valence electrons. The minimum absolute atomic E-state index is 0.0507. The van der Waals surface area contributed by atoms with Gasteiger partial charge in [-0.1, -0.05) is 0 Å². The van der Waals surface area contributed by atoms with Gasteiger partial charge in [0.1, 0.15) is 5.84 Å². The molecular formula is C11H8FN5O3. The Bertz CT molecular complexity index is 692. The maximum atomic E-state index is 13.7. The molecule has 0 aliphatic carbocycles. The van der Waals surface area contributed by atoms with Crippen LogP contribution in [0.1, 0.15) is 5.69 Å². The third kappa shape index (κ3) is 2.66. The van der Waals surface area contributed by atoms with E-state index in [1.165, 1.54) is 12.4 Å². The van der Waals surface area contributed by atoms with Crippen molar-refractivity contribution in [1.29, 1.82) is 5.41 Å². The number of ether oxygens (including phenoxy) is 1. The predicted molar refractivity (Wildman–Crippen MR) is 66.2 cm³/mol. The highest BCUT2D eigenvalue weighted by molar-refractivity contribution is 5.95. The average Bonchev–Trinajstić information content (AvgIpc) is 2.41. The molecule has 0 radical (unpaired) electrons. The molecule has 0 aliphatic heterocycles. The Hall–Kier alpha value is -3.10. The van der Waals surface area contributed by atoms with Crippen molar-refractivity contribution in [3.05, 3.63) is 52.2 Å². The molecule has 1 aromatic heterocycles. The van der Waals surface area contributed by atoms with Gasteiger partial charge in [0.05, 0.1) is 11.0 Å². The van der Waals surface area contributed by atoms with Crippen LogP contribution in [-0.4, -0.2) is 20.7 Å². The van der Waals surface area contributed by atoms with E-state index in [0.717, 1.165) is 18.2 Å². The van der Waals surface area contributed by atoms with Crippen molar-refractivity contribution in [2.75, 3.05) is 0 Å². The SMILES string of the molecule is N=C(N)c1nccnc1Oc1ccc([N+](=O)[O-])cc1F. The lowest BCUT2D eigenvalue weighted by atomic mass is 10.3. The van der Waals surface area contributed by atoms with E-state index in [1.807, 2.05) is 0 Å². The summed E-state index contributed by atoms with van der Waals surface area (Å²) in [4.78, 5) is 17.3. The molecule has 1 aromatic carbocycles. The van der Waals surface area contributed by atoms with Gasteiger partial charge >= 0.3 is 0 Å². The van der Waals surface area contributed by atoms with Gasteiger partial charge in [0.2, 0.25) is 5.88 Å². The summed E-state index contributed by atoms with van der Waals surface area (Å²) in [6.07, 6.45) is 2.58. The third-order valence-corrected chi connectivity index (χ3v) is 2.25. The molecule has 0 atom stereocenters. The number of nitrogens with two attached hydrogens (primary N) is 1. The van der Waals surface area contributed by atoms with E-state index in [1.54, 1.807) is 0 Å². The summed E-state index contributed by atoms with van der Waals surface area (Å²) in [6, 6.07) is 2.90. The Labute approximate surface area is 111 Å². The number of benzene rings is 1. The zero-order valence-electron chi connectivity index (χ0n) is 9.91. The van der Waals surface area contributed by atoms with Crippen LogP contribution in [0.5, 0.6) is 11.6 Å². The molecule has 0 fully saturated rings. The Morgan fingerprint density at radius 3 is 2.70 bits per heavy atom. The Morgan fingerprint density at radius 2 is 2.10 bits per heavy atom. The smallest absolute Gasteiger partial charge is 0.272 e. The van der Waals surface area contributed by atoms with Crippen molar-refractivity contribution in [1.82, 2.24) is 9.97 Å². The van der Waals surface area contributed by atoms with Gasteiger partial charge in [-0.15, -0.1) is 0 Å². The van der Waals surface area contributed by atoms with E-state index in [0.29, 0.717) is 0 Å². The fraction of sp³-hybridized carbons (Fsp3) is 0. The molecule has 1 heterocycles. The van der Waals surface area contributed by atoms with E-state index in [-0.39, 0.29) is 17.3 Å². The van der Waals surface area contributed by atoms with Gasteiger partial charge in [-0.3, -0.25) is 15.5 Å². The van der Waals surface area contributed by atoms with Crippen LogP contribution >= 0.6 is 0 Å². The Balaban J connectivity index is 2.36. The van der Waals surface area contributed by atoms with Crippen molar-refractivity contribution < 1.29 is 14.1 Å². The normalized spacial score (nSPS) is 10.1. The molecule has 20 heavy (non-hydrogen) atoms. The van der Waals surface area contributed by atoms with Crippen LogP contribution in [-0.2, 0) is 0 Å². The lowest BCUT2D eigenvalue weighted by Gasteiger charge is -2.08. The molecule has 0 bridgehead atoms. The lowest BCUT2D eigenvalue weighted by Crippen LogP contribution is -2.15. The zero-order chi connectivity index (χ0) is 14.7. The van der Waals surface area contributed by atoms with Gasteiger partial charge in [-0.2, -0.15) is 0 Å². The van der Waals surface area contributed by atoms with Gasteiger partial charge in [-0.05, 0) is 6.07 Å². The molecule has 0 spiro atoms. The van der Waals surface area contributed by atoms with Gasteiger partial charge in [0.25, 0.3) is 5.69 Å². The fourth-order valence-corrected chi connectivity index (χ4v) is 1.37. The van der Waals surface area contributed by atoms with Crippen molar-refractivity contribution >= 4 is 11.5 Å². The van der Waals surface area contributed by atoms with Crippen molar-refractivity contribution in [3.63, 3.8) is 0 Å². The number of hydrogen-bond donors (Lipinski definition) is 2. The molecule has 0 unspecified atom stereocenters. The van der Waals surface area contributed by atoms with Crippen LogP contribution < -0.4 is 10.5 Å². The van der Waals surface area contributed by atoms with Gasteiger partial charge in [0, 0.05) is 18.5 Å². The number of aromatic nitrogens is 2. The standard InChI is InChI=1S/C11H8FN5O3/c12-7-5-6(17(18)19)1-2-8(7)20-11-9(10(13)14)15-3-4-16-11/h1-5H,(H3,13,14). The average molecular weight is 277 g/mol. The number of nitro groups is 1. The molecule has 2 rings (SSSR count). The van der Waals surface area contributed by atoms with Gasteiger partial charge < -0.3 is 10.5 Å². The van der Waals surface area contributed by atoms with Gasteiger partial charge in [-0.25, -0.2) is 14.4 Å². The number of non-ortho nitro benzene ring substituents is 1. The molecular weight excluding hydrogens is 269 g/mol. The van der Waals surface area contributed by atoms with E-state index >= 15 is 0 Å². The minimum Gasteiger partial charge on any atom is -0.434 e. The topological polar surface area (TPSA) is 128 Å². The monoisotopic (exact) mass is 277 g/mol. The second-order valence-corrected chi connectivity index (χ2v) is 3.60. The third-order valence-electron chi connectivity index (χ3n) is 2.25. The highest BCUT2D eigenvalue weighted by atomic mass is 19.1. The predicted octanol–water partition coefficient (Wildman–Crippen LogP) is 1.60. The number of nitrogens with one attached hydrogen (secondary N) is 1. The van der Waals surface area contributed by atoms with E-state index in [4.69, 9.17) is 15.9 Å². The molecule has 0 aliphatic rings. The summed E-state index contributed by atoms with van der Waals surface area (Å²) >= 11 is 0. The zero-order valence-corrected chi connectivity index (χ0v) is 9.91. The Kier molecular flexibility index (Phi) is 3.51. The summed E-state index contributed by atoms with van der Waals surface area (Å²) in [5.74, 6) is -1.76. The first-order valence-corrected chi connectivity index (χ1v) is 5.26. The highest BCUT2D eigenvalue weighted by Gasteiger charge is 2.15. The maximum absolute atomic E-state index is 13.7. The number of amidine groups is 1. The van der Waals surface area contributed by atoms with Crippen molar-refractivity contribution in [2.45, 2.75) is 0 Å². The van der Waals surface area contributed by atoms with Crippen molar-refractivity contribution in [2.24, 2.45) is 5.73 Å². The Morgan fingerprint density at radius 1 is 1.40 bits per heavy atom. The van der Waals surface area contributed by atoms with Crippen molar-refractivity contribution in [3.8, 4) is 11.6 Å². The fourth-order valence-electron chi connectivity index (χ4n) is 1.37. The summed E-state index contributed by atoms with van der Waals surface area (Å²) in [5.41, 5.74) is 4.84.